The highest BCUT2D eigenvalue weighted by molar-refractivity contribution is 6.07. The van der Waals surface area contributed by atoms with Gasteiger partial charge in [0.2, 0.25) is 5.91 Å². The van der Waals surface area contributed by atoms with Crippen LogP contribution in [-0.2, 0) is 10.2 Å². The van der Waals surface area contributed by atoms with Gasteiger partial charge < -0.3 is 5.73 Å². The zero-order valence-corrected chi connectivity index (χ0v) is 11.4. The van der Waals surface area contributed by atoms with Crippen LogP contribution < -0.4 is 10.6 Å². The summed E-state index contributed by atoms with van der Waals surface area (Å²) in [6.07, 6.45) is 3.52. The minimum absolute atomic E-state index is 0. The monoisotopic (exact) mass is 267 g/mol. The number of anilines is 1. The number of hydrogen-bond donors (Lipinski definition) is 1. The first-order chi connectivity index (χ1) is 8.01. The van der Waals surface area contributed by atoms with E-state index in [-0.39, 0.29) is 30.4 Å². The van der Waals surface area contributed by atoms with Crippen molar-refractivity contribution in [1.29, 1.82) is 0 Å². The van der Waals surface area contributed by atoms with Gasteiger partial charge in [-0.3, -0.25) is 9.69 Å². The second kappa shape index (κ2) is 4.21. The van der Waals surface area contributed by atoms with Crippen molar-refractivity contribution in [2.45, 2.75) is 44.2 Å². The molecule has 1 aliphatic heterocycles. The van der Waals surface area contributed by atoms with Crippen LogP contribution in [0.3, 0.4) is 0 Å². The van der Waals surface area contributed by atoms with Crippen LogP contribution in [0.2, 0.25) is 0 Å². The standard InChI is InChI=1S/C13H17N3O.ClH/c1-13(2)10-4-3-5-15-11(10)16(12(13)17)9-6-8(14)7-9;/h3-5,8-9H,6-7,14H2,1-2H3;1H/t8-,9-;. The molecule has 3 rings (SSSR count). The second-order valence-corrected chi connectivity index (χ2v) is 5.56. The fourth-order valence-corrected chi connectivity index (χ4v) is 2.77. The van der Waals surface area contributed by atoms with Gasteiger partial charge in [0.05, 0.1) is 5.41 Å². The molecular weight excluding hydrogens is 250 g/mol. The maximum absolute atomic E-state index is 12.5. The minimum Gasteiger partial charge on any atom is -0.328 e. The predicted molar refractivity (Wildman–Crippen MR) is 73.0 cm³/mol. The first-order valence-corrected chi connectivity index (χ1v) is 6.06. The van der Waals surface area contributed by atoms with Gasteiger partial charge in [-0.1, -0.05) is 6.07 Å². The number of carbonyl (C=O) groups excluding carboxylic acids is 1. The lowest BCUT2D eigenvalue weighted by molar-refractivity contribution is -0.122. The lowest BCUT2D eigenvalue weighted by Gasteiger charge is -2.39. The molecule has 0 saturated heterocycles. The van der Waals surface area contributed by atoms with Gasteiger partial charge in [-0.2, -0.15) is 0 Å². The molecule has 0 bridgehead atoms. The number of pyridine rings is 1. The Labute approximate surface area is 113 Å². The lowest BCUT2D eigenvalue weighted by Crippen LogP contribution is -2.53. The van der Waals surface area contributed by atoms with Crippen molar-refractivity contribution in [2.24, 2.45) is 5.73 Å². The third-order valence-electron chi connectivity index (χ3n) is 3.96. The number of aromatic nitrogens is 1. The summed E-state index contributed by atoms with van der Waals surface area (Å²) in [5.41, 5.74) is 6.39. The van der Waals surface area contributed by atoms with Gasteiger partial charge in [0, 0.05) is 23.8 Å². The third kappa shape index (κ3) is 1.63. The van der Waals surface area contributed by atoms with Crippen molar-refractivity contribution in [3.05, 3.63) is 23.9 Å². The first kappa shape index (κ1) is 13.3. The normalized spacial score (nSPS) is 28.4. The average Bonchev–Trinajstić information content (AvgIpc) is 2.45. The molecule has 1 aromatic heterocycles. The Morgan fingerprint density at radius 3 is 2.72 bits per heavy atom. The average molecular weight is 268 g/mol. The summed E-state index contributed by atoms with van der Waals surface area (Å²) in [5, 5.41) is 0. The summed E-state index contributed by atoms with van der Waals surface area (Å²) in [5.74, 6) is 0.988. The highest BCUT2D eigenvalue weighted by Gasteiger charge is 2.49. The molecule has 18 heavy (non-hydrogen) atoms. The highest BCUT2D eigenvalue weighted by Crippen LogP contribution is 2.43. The molecule has 0 radical (unpaired) electrons. The Balaban J connectivity index is 0.00000120. The van der Waals surface area contributed by atoms with E-state index in [0.717, 1.165) is 24.2 Å². The maximum Gasteiger partial charge on any atom is 0.238 e. The van der Waals surface area contributed by atoms with E-state index < -0.39 is 5.41 Å². The lowest BCUT2D eigenvalue weighted by atomic mass is 9.85. The van der Waals surface area contributed by atoms with E-state index in [1.807, 2.05) is 30.9 Å². The van der Waals surface area contributed by atoms with Crippen molar-refractivity contribution in [3.63, 3.8) is 0 Å². The number of rotatable bonds is 1. The molecule has 0 atom stereocenters. The van der Waals surface area contributed by atoms with Crippen LogP contribution in [0.15, 0.2) is 18.3 Å². The molecule has 2 aliphatic rings. The van der Waals surface area contributed by atoms with Crippen molar-refractivity contribution in [3.8, 4) is 0 Å². The van der Waals surface area contributed by atoms with Crippen LogP contribution >= 0.6 is 12.4 Å². The Morgan fingerprint density at radius 2 is 2.11 bits per heavy atom. The van der Waals surface area contributed by atoms with E-state index in [0.29, 0.717) is 0 Å². The van der Waals surface area contributed by atoms with Crippen LogP contribution in [0, 0.1) is 0 Å². The van der Waals surface area contributed by atoms with Crippen LogP contribution in [0.25, 0.3) is 0 Å². The van der Waals surface area contributed by atoms with Gasteiger partial charge in [-0.05, 0) is 32.8 Å². The summed E-state index contributed by atoms with van der Waals surface area (Å²) in [6, 6.07) is 4.37. The summed E-state index contributed by atoms with van der Waals surface area (Å²) >= 11 is 0. The van der Waals surface area contributed by atoms with Gasteiger partial charge in [0.1, 0.15) is 5.82 Å². The summed E-state index contributed by atoms with van der Waals surface area (Å²) < 4.78 is 0. The number of amides is 1. The van der Waals surface area contributed by atoms with Crippen LogP contribution in [0.4, 0.5) is 5.82 Å². The summed E-state index contributed by atoms with van der Waals surface area (Å²) in [7, 11) is 0. The number of nitrogens with two attached hydrogens (primary N) is 1. The van der Waals surface area contributed by atoms with Crippen LogP contribution in [0.5, 0.6) is 0 Å². The number of hydrogen-bond acceptors (Lipinski definition) is 3. The molecule has 1 amide bonds. The van der Waals surface area contributed by atoms with E-state index in [2.05, 4.69) is 4.98 Å². The van der Waals surface area contributed by atoms with E-state index in [1.54, 1.807) is 6.20 Å². The van der Waals surface area contributed by atoms with Crippen LogP contribution in [-0.4, -0.2) is 23.0 Å². The highest BCUT2D eigenvalue weighted by atomic mass is 35.5. The molecule has 2 heterocycles. The fraction of sp³-hybridized carbons (Fsp3) is 0.538. The SMILES string of the molecule is CC1(C)C(=O)N([C@H]2C[C@H](N)C2)c2ncccc21.Cl. The minimum atomic E-state index is -0.455. The topological polar surface area (TPSA) is 59.2 Å². The molecule has 98 valence electrons. The van der Waals surface area contributed by atoms with Crippen molar-refractivity contribution in [2.75, 3.05) is 4.90 Å². The zero-order chi connectivity index (χ0) is 12.2. The molecule has 0 spiro atoms. The Hall–Kier alpha value is -1.13. The van der Waals surface area contributed by atoms with Gasteiger partial charge in [0.15, 0.2) is 0 Å². The Morgan fingerprint density at radius 1 is 1.44 bits per heavy atom. The molecule has 0 unspecified atom stereocenters. The Bertz CT molecular complexity index is 483. The molecule has 2 N–H and O–H groups in total. The molecule has 1 aromatic rings. The van der Waals surface area contributed by atoms with E-state index in [1.165, 1.54) is 0 Å². The molecule has 1 aliphatic carbocycles. The van der Waals surface area contributed by atoms with Gasteiger partial charge in [-0.25, -0.2) is 4.98 Å². The number of fused-ring (bicyclic) bond motifs is 1. The molecule has 0 aromatic carbocycles. The quantitative estimate of drug-likeness (QED) is 0.841. The Kier molecular flexibility index (Phi) is 3.11. The molecule has 1 saturated carbocycles. The third-order valence-corrected chi connectivity index (χ3v) is 3.96. The number of carbonyl (C=O) groups is 1. The smallest absolute Gasteiger partial charge is 0.238 e. The van der Waals surface area contributed by atoms with Gasteiger partial charge in [0.25, 0.3) is 0 Å². The molecule has 5 heteroatoms. The molecule has 1 fully saturated rings. The first-order valence-electron chi connectivity index (χ1n) is 6.06. The largest absolute Gasteiger partial charge is 0.328 e. The van der Waals surface area contributed by atoms with Gasteiger partial charge >= 0.3 is 0 Å². The fourth-order valence-electron chi connectivity index (χ4n) is 2.77. The second-order valence-electron chi connectivity index (χ2n) is 5.56. The van der Waals surface area contributed by atoms with Crippen LogP contribution in [0.1, 0.15) is 32.3 Å². The molecule has 4 nitrogen and oxygen atoms in total. The molecular formula is C13H18ClN3O. The summed E-state index contributed by atoms with van der Waals surface area (Å²) in [4.78, 5) is 18.7. The number of halogens is 1. The van der Waals surface area contributed by atoms with E-state index >= 15 is 0 Å². The predicted octanol–water partition coefficient (Wildman–Crippen LogP) is 1.62. The zero-order valence-electron chi connectivity index (χ0n) is 10.6. The number of nitrogens with zero attached hydrogens (tertiary/aromatic N) is 2. The van der Waals surface area contributed by atoms with Gasteiger partial charge in [-0.15, -0.1) is 12.4 Å². The maximum atomic E-state index is 12.5. The van der Waals surface area contributed by atoms with E-state index in [9.17, 15) is 4.79 Å². The van der Waals surface area contributed by atoms with Crippen molar-refractivity contribution >= 4 is 24.1 Å². The van der Waals surface area contributed by atoms with Crippen molar-refractivity contribution in [1.82, 2.24) is 4.98 Å². The van der Waals surface area contributed by atoms with E-state index in [4.69, 9.17) is 5.73 Å². The van der Waals surface area contributed by atoms with Crippen molar-refractivity contribution < 1.29 is 4.79 Å². The summed E-state index contributed by atoms with van der Waals surface area (Å²) in [6.45, 7) is 3.93.